The van der Waals surface area contributed by atoms with E-state index in [4.69, 9.17) is 5.73 Å². The fourth-order valence-corrected chi connectivity index (χ4v) is 7.09. The molecule has 2 saturated carbocycles. The van der Waals surface area contributed by atoms with Crippen molar-refractivity contribution >= 4 is 29.0 Å². The molecule has 1 heterocycles. The number of phenols is 1. The smallest absolute Gasteiger partial charge is 0.235 e. The Bertz CT molecular complexity index is 1250. The Labute approximate surface area is 212 Å². The molecule has 0 aromatic heterocycles. The number of carbonyl (C=O) groups is 5. The zero-order chi connectivity index (χ0) is 27.0. The molecule has 10 nitrogen and oxygen atoms in total. The molecule has 1 aliphatic heterocycles. The summed E-state index contributed by atoms with van der Waals surface area (Å²) in [6.45, 7) is 2.67. The van der Waals surface area contributed by atoms with Crippen LogP contribution in [-0.4, -0.2) is 75.9 Å². The molecule has 7 unspecified atom stereocenters. The van der Waals surface area contributed by atoms with Crippen molar-refractivity contribution < 1.29 is 38.6 Å². The van der Waals surface area contributed by atoms with Gasteiger partial charge < -0.3 is 21.3 Å². The van der Waals surface area contributed by atoms with Crippen LogP contribution in [0, 0.1) is 29.5 Å². The largest absolute Gasteiger partial charge is 0.507 e. The van der Waals surface area contributed by atoms with Crippen molar-refractivity contribution in [2.45, 2.75) is 50.3 Å². The number of nitrogens with zero attached hydrogens (tertiary/aromatic N) is 1. The Kier molecular flexibility index (Phi) is 6.08. The van der Waals surface area contributed by atoms with E-state index < -0.39 is 75.9 Å². The molecule has 3 fully saturated rings. The second-order valence-electron chi connectivity index (χ2n) is 10.7. The molecule has 4 aliphatic rings. The molecular formula is C26H30FN3O7. The van der Waals surface area contributed by atoms with Gasteiger partial charge in [0.05, 0.1) is 17.5 Å². The van der Waals surface area contributed by atoms with E-state index >= 15 is 4.39 Å². The maximum atomic E-state index is 15.9. The van der Waals surface area contributed by atoms with Crippen molar-refractivity contribution in [3.63, 3.8) is 0 Å². The number of nitrogens with two attached hydrogens (primary N) is 1. The van der Waals surface area contributed by atoms with Crippen LogP contribution in [0.2, 0.25) is 0 Å². The summed E-state index contributed by atoms with van der Waals surface area (Å²) in [5.41, 5.74) is 2.45. The Balaban J connectivity index is 1.61. The third kappa shape index (κ3) is 3.44. The van der Waals surface area contributed by atoms with E-state index in [-0.39, 0.29) is 42.1 Å². The van der Waals surface area contributed by atoms with Crippen LogP contribution in [0.3, 0.4) is 0 Å². The third-order valence-electron chi connectivity index (χ3n) is 8.81. The van der Waals surface area contributed by atoms with Gasteiger partial charge in [0.15, 0.2) is 34.7 Å². The first kappa shape index (κ1) is 25.6. The number of aromatic hydroxyl groups is 1. The average molecular weight is 516 g/mol. The lowest BCUT2D eigenvalue weighted by atomic mass is 9.52. The van der Waals surface area contributed by atoms with Crippen molar-refractivity contribution in [1.82, 2.24) is 10.2 Å². The molecule has 11 heteroatoms. The number of primary amides is 1. The Morgan fingerprint density at radius 2 is 1.97 bits per heavy atom. The summed E-state index contributed by atoms with van der Waals surface area (Å²) in [6.07, 6.45) is 1.34. The summed E-state index contributed by atoms with van der Waals surface area (Å²) in [7, 11) is 1.85. The van der Waals surface area contributed by atoms with Crippen molar-refractivity contribution in [2.75, 3.05) is 20.1 Å². The minimum Gasteiger partial charge on any atom is -0.507 e. The zero-order valence-corrected chi connectivity index (χ0v) is 20.6. The number of halogens is 1. The van der Waals surface area contributed by atoms with E-state index in [1.54, 1.807) is 6.92 Å². The molecule has 1 aromatic rings. The molecule has 1 aromatic carbocycles. The quantitative estimate of drug-likeness (QED) is 0.398. The lowest BCUT2D eigenvalue weighted by Crippen LogP contribution is -2.74. The molecule has 0 radical (unpaired) electrons. The van der Waals surface area contributed by atoms with Crippen LogP contribution in [0.1, 0.15) is 53.7 Å². The minimum atomic E-state index is -2.80. The van der Waals surface area contributed by atoms with Crippen LogP contribution in [0.5, 0.6) is 5.75 Å². The third-order valence-corrected chi connectivity index (χ3v) is 8.81. The highest BCUT2D eigenvalue weighted by atomic mass is 19.1. The number of phenolic OH excluding ortho intramolecular Hbond substituents is 1. The number of carbonyl (C=O) groups excluding carboxylic acids is 5. The van der Waals surface area contributed by atoms with Gasteiger partial charge in [0.1, 0.15) is 11.6 Å². The van der Waals surface area contributed by atoms with Crippen molar-refractivity contribution in [3.05, 3.63) is 28.6 Å². The molecule has 5 rings (SSSR count). The predicted molar refractivity (Wildman–Crippen MR) is 126 cm³/mol. The molecule has 5 N–H and O–H groups in total. The molecule has 0 bridgehead atoms. The predicted octanol–water partition coefficient (Wildman–Crippen LogP) is -0.179. The fourth-order valence-electron chi connectivity index (χ4n) is 7.09. The Hall–Kier alpha value is -3.02. The Morgan fingerprint density at radius 1 is 1.27 bits per heavy atom. The van der Waals surface area contributed by atoms with E-state index in [1.807, 2.05) is 11.9 Å². The molecule has 198 valence electrons. The summed E-state index contributed by atoms with van der Waals surface area (Å²) in [6, 6.07) is -0.277. The monoisotopic (exact) mass is 515 g/mol. The van der Waals surface area contributed by atoms with Gasteiger partial charge in [-0.2, -0.15) is 0 Å². The first-order chi connectivity index (χ1) is 17.4. The molecule has 1 amide bonds. The summed E-state index contributed by atoms with van der Waals surface area (Å²) in [4.78, 5) is 67.5. The van der Waals surface area contributed by atoms with Gasteiger partial charge in [-0.15, -0.1) is 0 Å². The molecule has 37 heavy (non-hydrogen) atoms. The fraction of sp³-hybridized carbons (Fsp3) is 0.577. The molecule has 1 saturated heterocycles. The highest BCUT2D eigenvalue weighted by Gasteiger charge is 2.69. The number of fused-ring (bicyclic) bond motifs is 3. The van der Waals surface area contributed by atoms with Crippen LogP contribution in [-0.2, 0) is 25.6 Å². The number of likely N-dealkylation sites (N-methyl/N-ethyl adjacent to an activating group) is 1. The van der Waals surface area contributed by atoms with Gasteiger partial charge in [0.25, 0.3) is 0 Å². The summed E-state index contributed by atoms with van der Waals surface area (Å²) in [5, 5.41) is 25.2. The number of benzene rings is 1. The van der Waals surface area contributed by atoms with Crippen LogP contribution >= 0.6 is 0 Å². The van der Waals surface area contributed by atoms with Crippen LogP contribution in [0.15, 0.2) is 6.07 Å². The maximum absolute atomic E-state index is 15.9. The van der Waals surface area contributed by atoms with Gasteiger partial charge in [-0.3, -0.25) is 28.9 Å². The minimum absolute atomic E-state index is 0.00302. The van der Waals surface area contributed by atoms with Gasteiger partial charge in [0.2, 0.25) is 5.91 Å². The van der Waals surface area contributed by atoms with E-state index in [9.17, 15) is 34.2 Å². The molecular weight excluding hydrogens is 485 g/mol. The van der Waals surface area contributed by atoms with E-state index in [2.05, 4.69) is 5.32 Å². The molecule has 0 spiro atoms. The number of hydrogen-bond acceptors (Lipinski definition) is 9. The number of ketones is 4. The first-order valence-corrected chi connectivity index (χ1v) is 12.6. The van der Waals surface area contributed by atoms with Crippen LogP contribution < -0.4 is 11.1 Å². The number of likely N-dealkylation sites (tertiary alicyclic amines) is 1. The summed E-state index contributed by atoms with van der Waals surface area (Å²) < 4.78 is 15.9. The van der Waals surface area contributed by atoms with Crippen LogP contribution in [0.25, 0.3) is 0 Å². The van der Waals surface area contributed by atoms with Crippen molar-refractivity contribution in [1.29, 1.82) is 0 Å². The second-order valence-corrected chi connectivity index (χ2v) is 10.7. The van der Waals surface area contributed by atoms with Gasteiger partial charge in [-0.1, -0.05) is 6.92 Å². The first-order valence-electron chi connectivity index (χ1n) is 12.6. The highest BCUT2D eigenvalue weighted by Crippen LogP contribution is 2.51. The lowest BCUT2D eigenvalue weighted by molar-refractivity contribution is -0.178. The maximum Gasteiger partial charge on any atom is 0.235 e. The number of rotatable bonds is 4. The van der Waals surface area contributed by atoms with Crippen molar-refractivity contribution in [2.24, 2.45) is 29.4 Å². The number of nitrogens with one attached hydrogen (secondary N) is 1. The zero-order valence-electron chi connectivity index (χ0n) is 20.6. The van der Waals surface area contributed by atoms with Crippen molar-refractivity contribution in [3.8, 4) is 5.75 Å². The van der Waals surface area contributed by atoms with Crippen LogP contribution in [0.4, 0.5) is 4.39 Å². The SMILES string of the molecule is CCNC1C(=O)C(C(N)=O)C(=O)C2(O)C(=O)C3C(=O)c4c(O)cc(C5CCCN5C)c(F)c4CC3CC12. The summed E-state index contributed by atoms with van der Waals surface area (Å²) >= 11 is 0. The van der Waals surface area contributed by atoms with Gasteiger partial charge in [-0.25, -0.2) is 4.39 Å². The lowest BCUT2D eigenvalue weighted by Gasteiger charge is -2.51. The topological polar surface area (TPSA) is 167 Å². The summed E-state index contributed by atoms with van der Waals surface area (Å²) in [5.74, 6) is -12.2. The standard InChI is InChI=1S/C26H30FN3O7/c1-3-29-20-13-8-10-7-12-17(15(31)9-11(19(12)27)14-5-4-6-30(14)2)21(32)16(10)23(34)26(13,37)24(35)18(22(20)33)25(28)36/h9-10,13-14,16,18,20,29,31,37H,3-8H2,1-2H3,(H2,28,36). The van der Waals surface area contributed by atoms with Gasteiger partial charge >= 0.3 is 0 Å². The Morgan fingerprint density at radius 3 is 2.57 bits per heavy atom. The number of Topliss-reactive ketones (excluding diaryl/α,β-unsaturated/α-hetero) is 4. The average Bonchev–Trinajstić information content (AvgIpc) is 3.26. The van der Waals surface area contributed by atoms with Gasteiger partial charge in [0, 0.05) is 23.1 Å². The number of aliphatic hydroxyl groups is 1. The van der Waals surface area contributed by atoms with E-state index in [0.717, 1.165) is 13.0 Å². The normalized spacial score (nSPS) is 35.8. The van der Waals surface area contributed by atoms with E-state index in [1.165, 1.54) is 6.07 Å². The highest BCUT2D eigenvalue weighted by molar-refractivity contribution is 6.32. The van der Waals surface area contributed by atoms with E-state index in [0.29, 0.717) is 6.42 Å². The molecule has 3 aliphatic carbocycles. The molecule has 7 atom stereocenters. The number of hydrogen-bond donors (Lipinski definition) is 4. The number of amides is 1. The second kappa shape index (κ2) is 8.78. The van der Waals surface area contributed by atoms with Gasteiger partial charge in [-0.05, 0) is 57.8 Å².